The van der Waals surface area contributed by atoms with Crippen LogP contribution in [0.5, 0.6) is 0 Å². The zero-order chi connectivity index (χ0) is 18.6. The third kappa shape index (κ3) is 4.58. The largest absolute Gasteiger partial charge is 0.458 e. The summed E-state index contributed by atoms with van der Waals surface area (Å²) in [6, 6.07) is 0. The molecule has 0 unspecified atom stereocenters. The molecule has 2 aliphatic rings. The molecule has 6 nitrogen and oxygen atoms in total. The van der Waals surface area contributed by atoms with Crippen molar-refractivity contribution < 1.29 is 29.3 Å². The van der Waals surface area contributed by atoms with E-state index in [-0.39, 0.29) is 24.1 Å². The topological polar surface area (TPSA) is 93.1 Å². The molecule has 1 heterocycles. The van der Waals surface area contributed by atoms with Crippen LogP contribution in [0.1, 0.15) is 33.1 Å². The van der Waals surface area contributed by atoms with Gasteiger partial charge in [-0.05, 0) is 31.4 Å². The van der Waals surface area contributed by atoms with E-state index < -0.39 is 30.7 Å². The molecular formula is C19H26O6. The monoisotopic (exact) mass is 350 g/mol. The van der Waals surface area contributed by atoms with Crippen LogP contribution >= 0.6 is 0 Å². The summed E-state index contributed by atoms with van der Waals surface area (Å²) >= 11 is 0. The van der Waals surface area contributed by atoms with Gasteiger partial charge >= 0.3 is 11.9 Å². The number of fused-ring (bicyclic) bond motifs is 1. The number of hydrogen-bond donors (Lipinski definition) is 2. The lowest BCUT2D eigenvalue weighted by molar-refractivity contribution is -0.148. The standard InChI is InChI=1S/C19H26O6/c1-11-5-4-6-14(10-21)8-16-17(13(3)19(23)25-16)15(7-11)24-18(22)12(2)9-20/h5,8,13,15-17,20-21H,2,4,6-7,9-10H2,1,3H3/b11-5+,14-8-/t13-,15+,16-,17+/m1/s1. The van der Waals surface area contributed by atoms with Gasteiger partial charge in [0, 0.05) is 6.42 Å². The van der Waals surface area contributed by atoms with E-state index in [0.29, 0.717) is 12.8 Å². The molecule has 0 aromatic heterocycles. The first-order valence-corrected chi connectivity index (χ1v) is 8.53. The van der Waals surface area contributed by atoms with Gasteiger partial charge in [0.1, 0.15) is 12.2 Å². The number of aliphatic hydroxyl groups excluding tert-OH is 2. The zero-order valence-corrected chi connectivity index (χ0v) is 14.7. The maximum absolute atomic E-state index is 12.1. The van der Waals surface area contributed by atoms with Gasteiger partial charge in [-0.1, -0.05) is 25.2 Å². The quantitative estimate of drug-likeness (QED) is 0.455. The number of aliphatic hydroxyl groups is 2. The molecule has 25 heavy (non-hydrogen) atoms. The van der Waals surface area contributed by atoms with Gasteiger partial charge in [-0.3, -0.25) is 4.79 Å². The molecule has 0 bridgehead atoms. The smallest absolute Gasteiger partial charge is 0.336 e. The molecule has 0 amide bonds. The van der Waals surface area contributed by atoms with E-state index in [9.17, 15) is 14.7 Å². The fourth-order valence-electron chi connectivity index (χ4n) is 3.33. The molecule has 6 heteroatoms. The molecule has 0 spiro atoms. The molecule has 1 fully saturated rings. The predicted octanol–water partition coefficient (Wildman–Crippen LogP) is 1.67. The molecule has 0 aromatic rings. The van der Waals surface area contributed by atoms with Crippen molar-refractivity contribution in [1.29, 1.82) is 0 Å². The lowest BCUT2D eigenvalue weighted by Gasteiger charge is -2.29. The molecule has 1 aliphatic carbocycles. The van der Waals surface area contributed by atoms with Crippen LogP contribution in [-0.4, -0.2) is 47.6 Å². The highest BCUT2D eigenvalue weighted by Crippen LogP contribution is 2.37. The number of rotatable bonds is 4. The maximum Gasteiger partial charge on any atom is 0.336 e. The summed E-state index contributed by atoms with van der Waals surface area (Å²) in [6.45, 7) is 6.62. The van der Waals surface area contributed by atoms with Gasteiger partial charge in [0.25, 0.3) is 0 Å². The van der Waals surface area contributed by atoms with Gasteiger partial charge in [-0.25, -0.2) is 4.79 Å². The van der Waals surface area contributed by atoms with Crippen LogP contribution in [0.25, 0.3) is 0 Å². The molecule has 2 rings (SSSR count). The summed E-state index contributed by atoms with van der Waals surface area (Å²) in [5, 5.41) is 18.6. The Morgan fingerprint density at radius 1 is 1.44 bits per heavy atom. The number of allylic oxidation sites excluding steroid dienone is 1. The van der Waals surface area contributed by atoms with Crippen molar-refractivity contribution in [3.05, 3.63) is 35.5 Å². The zero-order valence-electron chi connectivity index (χ0n) is 14.7. The van der Waals surface area contributed by atoms with Gasteiger partial charge in [-0.15, -0.1) is 0 Å². The highest BCUT2D eigenvalue weighted by atomic mass is 16.6. The first-order chi connectivity index (χ1) is 11.9. The van der Waals surface area contributed by atoms with E-state index in [1.165, 1.54) is 0 Å². The van der Waals surface area contributed by atoms with E-state index in [2.05, 4.69) is 6.58 Å². The first-order valence-electron chi connectivity index (χ1n) is 8.53. The third-order valence-corrected chi connectivity index (χ3v) is 4.83. The third-order valence-electron chi connectivity index (χ3n) is 4.83. The van der Waals surface area contributed by atoms with Gasteiger partial charge in [0.15, 0.2) is 0 Å². The molecule has 2 N–H and O–H groups in total. The van der Waals surface area contributed by atoms with Crippen molar-refractivity contribution in [2.75, 3.05) is 13.2 Å². The Labute approximate surface area is 147 Å². The number of ether oxygens (including phenoxy) is 2. The van der Waals surface area contributed by atoms with Crippen LogP contribution < -0.4 is 0 Å². The SMILES string of the molecule is C=C(CO)C(=O)O[C@H]1C/C(C)=C/CC/C(CO)=C/[C@H]2OC(=O)[C@H](C)[C@@H]12. The molecule has 0 aromatic carbocycles. The Morgan fingerprint density at radius 2 is 2.16 bits per heavy atom. The minimum Gasteiger partial charge on any atom is -0.458 e. The first kappa shape index (κ1) is 19.4. The van der Waals surface area contributed by atoms with E-state index in [1.807, 2.05) is 13.0 Å². The summed E-state index contributed by atoms with van der Waals surface area (Å²) in [6.07, 6.45) is 4.63. The van der Waals surface area contributed by atoms with Crippen molar-refractivity contribution in [2.24, 2.45) is 11.8 Å². The van der Waals surface area contributed by atoms with E-state index >= 15 is 0 Å². The Balaban J connectivity index is 2.37. The number of hydrogen-bond acceptors (Lipinski definition) is 6. The predicted molar refractivity (Wildman–Crippen MR) is 91.4 cm³/mol. The highest BCUT2D eigenvalue weighted by Gasteiger charge is 2.47. The van der Waals surface area contributed by atoms with Gasteiger partial charge < -0.3 is 19.7 Å². The summed E-state index contributed by atoms with van der Waals surface area (Å²) in [5.74, 6) is -1.81. The number of carbonyl (C=O) groups is 2. The Morgan fingerprint density at radius 3 is 2.80 bits per heavy atom. The minimum atomic E-state index is -0.672. The number of carbonyl (C=O) groups excluding carboxylic acids is 2. The molecule has 4 atom stereocenters. The van der Waals surface area contributed by atoms with Crippen LogP contribution in [-0.2, 0) is 19.1 Å². The summed E-state index contributed by atoms with van der Waals surface area (Å²) in [7, 11) is 0. The normalized spacial score (nSPS) is 34.0. The van der Waals surface area contributed by atoms with Crippen molar-refractivity contribution in [3.8, 4) is 0 Å². The molecule has 138 valence electrons. The van der Waals surface area contributed by atoms with E-state index in [1.54, 1.807) is 13.0 Å². The summed E-state index contributed by atoms with van der Waals surface area (Å²) in [4.78, 5) is 24.2. The van der Waals surface area contributed by atoms with Crippen LogP contribution in [0.4, 0.5) is 0 Å². The fourth-order valence-corrected chi connectivity index (χ4v) is 3.33. The van der Waals surface area contributed by atoms with Gasteiger partial charge in [0.05, 0.1) is 30.6 Å². The van der Waals surface area contributed by atoms with Gasteiger partial charge in [-0.2, -0.15) is 0 Å². The molecule has 0 saturated carbocycles. The lowest BCUT2D eigenvalue weighted by Crippen LogP contribution is -2.36. The number of esters is 2. The summed E-state index contributed by atoms with van der Waals surface area (Å²) < 4.78 is 11.1. The molecule has 0 radical (unpaired) electrons. The maximum atomic E-state index is 12.1. The average molecular weight is 350 g/mol. The average Bonchev–Trinajstić information content (AvgIpc) is 2.86. The minimum absolute atomic E-state index is 0.0280. The lowest BCUT2D eigenvalue weighted by atomic mass is 9.82. The van der Waals surface area contributed by atoms with Crippen molar-refractivity contribution in [3.63, 3.8) is 0 Å². The molecular weight excluding hydrogens is 324 g/mol. The van der Waals surface area contributed by atoms with Crippen molar-refractivity contribution >= 4 is 11.9 Å². The van der Waals surface area contributed by atoms with Gasteiger partial charge in [0.2, 0.25) is 0 Å². The van der Waals surface area contributed by atoms with Crippen molar-refractivity contribution in [1.82, 2.24) is 0 Å². The van der Waals surface area contributed by atoms with E-state index in [0.717, 1.165) is 17.6 Å². The molecule has 1 saturated heterocycles. The second-order valence-electron chi connectivity index (χ2n) is 6.75. The molecule has 1 aliphatic heterocycles. The highest BCUT2D eigenvalue weighted by molar-refractivity contribution is 5.88. The van der Waals surface area contributed by atoms with Crippen LogP contribution in [0.2, 0.25) is 0 Å². The van der Waals surface area contributed by atoms with E-state index in [4.69, 9.17) is 14.6 Å². The second-order valence-corrected chi connectivity index (χ2v) is 6.75. The van der Waals surface area contributed by atoms with Crippen molar-refractivity contribution in [2.45, 2.75) is 45.3 Å². The van der Waals surface area contributed by atoms with Crippen LogP contribution in [0.3, 0.4) is 0 Å². The summed E-state index contributed by atoms with van der Waals surface area (Å²) in [5.41, 5.74) is 1.81. The van der Waals surface area contributed by atoms with Crippen LogP contribution in [0.15, 0.2) is 35.5 Å². The Kier molecular flexibility index (Phi) is 6.56. The fraction of sp³-hybridized carbons (Fsp3) is 0.579. The van der Waals surface area contributed by atoms with Crippen LogP contribution in [0, 0.1) is 11.8 Å². The Hall–Kier alpha value is -1.92. The Bertz CT molecular complexity index is 603. The second kappa shape index (κ2) is 8.45.